The van der Waals surface area contributed by atoms with E-state index in [4.69, 9.17) is 10.5 Å². The van der Waals surface area contributed by atoms with E-state index in [2.05, 4.69) is 4.98 Å². The molecule has 1 heterocycles. The normalized spacial score (nSPS) is 11.5. The van der Waals surface area contributed by atoms with Crippen molar-refractivity contribution >= 4 is 15.5 Å². The lowest BCUT2D eigenvalue weighted by atomic mass is 10.4. The summed E-state index contributed by atoms with van der Waals surface area (Å²) in [5.74, 6) is -0.349. The van der Waals surface area contributed by atoms with Crippen LogP contribution >= 0.6 is 0 Å². The lowest BCUT2D eigenvalue weighted by Gasteiger charge is -2.05. The van der Waals surface area contributed by atoms with Crippen molar-refractivity contribution < 1.29 is 13.2 Å². The fraction of sp³-hybridized carbons (Fsp3) is 0.375. The molecule has 0 radical (unpaired) electrons. The van der Waals surface area contributed by atoms with Crippen LogP contribution in [-0.2, 0) is 14.6 Å². The number of sulfone groups is 1. The molecule has 0 aliphatic carbocycles. The number of nitrogen functional groups attached to an aromatic ring is 1. The third kappa shape index (κ3) is 2.43. The van der Waals surface area contributed by atoms with Gasteiger partial charge < -0.3 is 10.5 Å². The van der Waals surface area contributed by atoms with Crippen molar-refractivity contribution in [2.75, 3.05) is 18.3 Å². The maximum Gasteiger partial charge on any atom is 0.204 e. The minimum absolute atomic E-state index is 0.0703. The van der Waals surface area contributed by atoms with Crippen LogP contribution in [0.2, 0.25) is 0 Å². The van der Waals surface area contributed by atoms with Gasteiger partial charge in [0.2, 0.25) is 9.84 Å². The van der Waals surface area contributed by atoms with Crippen LogP contribution in [0.15, 0.2) is 23.4 Å². The molecular weight excluding hydrogens is 204 g/mol. The Balaban J connectivity index is 2.99. The fourth-order valence-electron chi connectivity index (χ4n) is 0.934. The van der Waals surface area contributed by atoms with E-state index < -0.39 is 9.84 Å². The Morgan fingerprint density at radius 1 is 1.57 bits per heavy atom. The van der Waals surface area contributed by atoms with Crippen LogP contribution in [0.5, 0.6) is 0 Å². The maximum atomic E-state index is 11.6. The summed E-state index contributed by atoms with van der Waals surface area (Å²) in [6.45, 7) is 2.08. The predicted molar refractivity (Wildman–Crippen MR) is 52.3 cm³/mol. The van der Waals surface area contributed by atoms with Crippen LogP contribution in [0.25, 0.3) is 0 Å². The lowest BCUT2D eigenvalue weighted by molar-refractivity contribution is 0.192. The van der Waals surface area contributed by atoms with Gasteiger partial charge in [0.25, 0.3) is 0 Å². The second-order valence-electron chi connectivity index (χ2n) is 2.64. The van der Waals surface area contributed by atoms with E-state index in [1.54, 1.807) is 6.92 Å². The highest BCUT2D eigenvalue weighted by atomic mass is 32.2. The number of aromatic nitrogens is 1. The van der Waals surface area contributed by atoms with Crippen molar-refractivity contribution in [3.05, 3.63) is 18.5 Å². The first-order chi connectivity index (χ1) is 6.58. The van der Waals surface area contributed by atoms with E-state index >= 15 is 0 Å². The van der Waals surface area contributed by atoms with Gasteiger partial charge in [-0.15, -0.1) is 0 Å². The van der Waals surface area contributed by atoms with E-state index in [0.29, 0.717) is 6.61 Å². The molecule has 5 nitrogen and oxygen atoms in total. The van der Waals surface area contributed by atoms with Gasteiger partial charge in [0.05, 0.1) is 16.8 Å². The van der Waals surface area contributed by atoms with Gasteiger partial charge in [-0.1, -0.05) is 0 Å². The standard InChI is InChI=1S/C8H12N2O3S/c1-2-13-6-14(11,12)8-3-4-10-5-7(8)9/h3-5H,2,6,9H2,1H3. The number of anilines is 1. The molecular formula is C8H12N2O3S. The largest absolute Gasteiger partial charge is 0.396 e. The van der Waals surface area contributed by atoms with Crippen LogP contribution in [0, 0.1) is 0 Å². The molecule has 0 fully saturated rings. The zero-order valence-corrected chi connectivity index (χ0v) is 8.62. The van der Waals surface area contributed by atoms with E-state index in [-0.39, 0.29) is 16.5 Å². The summed E-state index contributed by atoms with van der Waals surface area (Å²) in [6.07, 6.45) is 2.69. The predicted octanol–water partition coefficient (Wildman–Crippen LogP) is 0.431. The molecule has 1 aromatic rings. The number of ether oxygens (including phenoxy) is 1. The molecule has 0 aromatic carbocycles. The molecule has 0 amide bonds. The summed E-state index contributed by atoms with van der Waals surface area (Å²) in [4.78, 5) is 3.78. The molecule has 1 aromatic heterocycles. The van der Waals surface area contributed by atoms with E-state index in [9.17, 15) is 8.42 Å². The van der Waals surface area contributed by atoms with E-state index in [0.717, 1.165) is 0 Å². The third-order valence-corrected chi connectivity index (χ3v) is 3.11. The minimum Gasteiger partial charge on any atom is -0.396 e. The summed E-state index contributed by atoms with van der Waals surface area (Å²) in [6, 6.07) is 1.36. The Labute approximate surface area is 82.8 Å². The van der Waals surface area contributed by atoms with Crippen molar-refractivity contribution in [3.63, 3.8) is 0 Å². The zero-order chi connectivity index (χ0) is 10.6. The Bertz CT molecular complexity index is 403. The summed E-state index contributed by atoms with van der Waals surface area (Å²) in [5.41, 5.74) is 5.63. The molecule has 2 N–H and O–H groups in total. The zero-order valence-electron chi connectivity index (χ0n) is 7.80. The Morgan fingerprint density at radius 2 is 2.29 bits per heavy atom. The topological polar surface area (TPSA) is 82.3 Å². The van der Waals surface area contributed by atoms with Crippen LogP contribution < -0.4 is 5.73 Å². The number of pyridine rings is 1. The molecule has 0 aliphatic heterocycles. The highest BCUT2D eigenvalue weighted by molar-refractivity contribution is 7.91. The molecule has 0 aliphatic rings. The van der Waals surface area contributed by atoms with Gasteiger partial charge in [-0.25, -0.2) is 8.42 Å². The average Bonchev–Trinajstić information content (AvgIpc) is 2.15. The third-order valence-electron chi connectivity index (χ3n) is 1.59. The SMILES string of the molecule is CCOCS(=O)(=O)c1ccncc1N. The minimum atomic E-state index is -3.44. The molecule has 78 valence electrons. The van der Waals surface area contributed by atoms with Gasteiger partial charge >= 0.3 is 0 Å². The molecule has 6 heteroatoms. The highest BCUT2D eigenvalue weighted by Crippen LogP contribution is 2.17. The second-order valence-corrected chi connectivity index (χ2v) is 4.54. The van der Waals surface area contributed by atoms with Crippen LogP contribution in [0.4, 0.5) is 5.69 Å². The molecule has 0 atom stereocenters. The monoisotopic (exact) mass is 216 g/mol. The molecule has 0 bridgehead atoms. The summed E-state index contributed by atoms with van der Waals surface area (Å²) in [7, 11) is -3.44. The molecule has 14 heavy (non-hydrogen) atoms. The van der Waals surface area contributed by atoms with Crippen molar-refractivity contribution in [1.29, 1.82) is 0 Å². The summed E-state index contributed by atoms with van der Waals surface area (Å²) < 4.78 is 28.0. The Hall–Kier alpha value is -1.14. The van der Waals surface area contributed by atoms with Gasteiger partial charge in [0.15, 0.2) is 5.94 Å². The van der Waals surface area contributed by atoms with Gasteiger partial charge in [0.1, 0.15) is 0 Å². The number of nitrogens with two attached hydrogens (primary N) is 1. The first-order valence-corrected chi connectivity index (χ1v) is 5.73. The molecule has 0 spiro atoms. The van der Waals surface area contributed by atoms with Crippen molar-refractivity contribution in [1.82, 2.24) is 4.98 Å². The van der Waals surface area contributed by atoms with Crippen LogP contribution in [-0.4, -0.2) is 25.9 Å². The average molecular weight is 216 g/mol. The van der Waals surface area contributed by atoms with Gasteiger partial charge in [-0.05, 0) is 13.0 Å². The number of hydrogen-bond donors (Lipinski definition) is 1. The maximum absolute atomic E-state index is 11.6. The van der Waals surface area contributed by atoms with E-state index in [1.807, 2.05) is 0 Å². The lowest BCUT2D eigenvalue weighted by Crippen LogP contribution is -2.12. The fourth-order valence-corrected chi connectivity index (χ4v) is 2.13. The first kappa shape index (κ1) is 10.9. The molecule has 0 unspecified atom stereocenters. The van der Waals surface area contributed by atoms with Crippen LogP contribution in [0.3, 0.4) is 0 Å². The summed E-state index contributed by atoms with van der Waals surface area (Å²) >= 11 is 0. The summed E-state index contributed by atoms with van der Waals surface area (Å²) in [5, 5.41) is 0. The number of rotatable bonds is 4. The van der Waals surface area contributed by atoms with Crippen LogP contribution in [0.1, 0.15) is 6.92 Å². The first-order valence-electron chi connectivity index (χ1n) is 4.08. The smallest absolute Gasteiger partial charge is 0.204 e. The highest BCUT2D eigenvalue weighted by Gasteiger charge is 2.17. The number of nitrogens with zero attached hydrogens (tertiary/aromatic N) is 1. The quantitative estimate of drug-likeness (QED) is 0.789. The molecule has 0 saturated carbocycles. The Kier molecular flexibility index (Phi) is 3.43. The van der Waals surface area contributed by atoms with Gasteiger partial charge in [0, 0.05) is 12.8 Å². The van der Waals surface area contributed by atoms with Gasteiger partial charge in [-0.2, -0.15) is 0 Å². The molecule has 1 rings (SSSR count). The van der Waals surface area contributed by atoms with Gasteiger partial charge in [-0.3, -0.25) is 4.98 Å². The van der Waals surface area contributed by atoms with Crippen molar-refractivity contribution in [2.24, 2.45) is 0 Å². The Morgan fingerprint density at radius 3 is 2.86 bits per heavy atom. The van der Waals surface area contributed by atoms with E-state index in [1.165, 1.54) is 18.5 Å². The second kappa shape index (κ2) is 4.39. The number of hydrogen-bond acceptors (Lipinski definition) is 5. The van der Waals surface area contributed by atoms with Crippen molar-refractivity contribution in [2.45, 2.75) is 11.8 Å². The van der Waals surface area contributed by atoms with Crippen molar-refractivity contribution in [3.8, 4) is 0 Å². The molecule has 0 saturated heterocycles.